The molecular weight excluding hydrogens is 510 g/mol. The van der Waals surface area contributed by atoms with Crippen LogP contribution in [0.5, 0.6) is 5.75 Å². The highest BCUT2D eigenvalue weighted by Gasteiger charge is 2.60. The Kier molecular flexibility index (Phi) is 6.32. The standard InChI is InChI=1S/C25H23F4N5O2S/c1-32-11-6-16(7-12-32)36-20-4-3-15(13-17(20)26)34-23(37)33(22(35)24(34)8-2-9-24)19-5-10-31-18(14-30)21(19)25(27,28)29/h3-5,10,13,16H,2,6-9,11-12H2,1H3. The summed E-state index contributed by atoms with van der Waals surface area (Å²) >= 11 is 5.53. The van der Waals surface area contributed by atoms with Crippen molar-refractivity contribution in [2.45, 2.75) is 49.9 Å². The molecule has 2 saturated heterocycles. The Labute approximate surface area is 216 Å². The normalized spacial score (nSPS) is 20.3. The van der Waals surface area contributed by atoms with Gasteiger partial charge in [-0.2, -0.15) is 18.4 Å². The molecule has 1 saturated carbocycles. The maximum absolute atomic E-state index is 15.2. The number of alkyl halides is 3. The fraction of sp³-hybridized carbons (Fsp3) is 0.440. The average molecular weight is 534 g/mol. The molecule has 37 heavy (non-hydrogen) atoms. The number of carbonyl (C=O) groups is 1. The number of aromatic nitrogens is 1. The van der Waals surface area contributed by atoms with Crippen molar-refractivity contribution in [2.24, 2.45) is 0 Å². The second kappa shape index (κ2) is 9.22. The van der Waals surface area contributed by atoms with E-state index < -0.39 is 40.4 Å². The Hall–Kier alpha value is -3.30. The predicted octanol–water partition coefficient (Wildman–Crippen LogP) is 4.64. The van der Waals surface area contributed by atoms with Crippen LogP contribution in [0.4, 0.5) is 28.9 Å². The first-order valence-electron chi connectivity index (χ1n) is 11.9. The lowest BCUT2D eigenvalue weighted by molar-refractivity contribution is -0.137. The molecule has 194 valence electrons. The number of likely N-dealkylation sites (tertiary alicyclic amines) is 1. The molecule has 1 aromatic heterocycles. The third-order valence-corrected chi connectivity index (χ3v) is 7.65. The molecule has 3 heterocycles. The monoisotopic (exact) mass is 533 g/mol. The van der Waals surface area contributed by atoms with Gasteiger partial charge in [0.15, 0.2) is 22.4 Å². The second-order valence-electron chi connectivity index (χ2n) is 9.54. The predicted molar refractivity (Wildman–Crippen MR) is 131 cm³/mol. The van der Waals surface area contributed by atoms with E-state index in [-0.39, 0.29) is 22.7 Å². The van der Waals surface area contributed by atoms with Crippen molar-refractivity contribution in [3.05, 3.63) is 47.5 Å². The number of pyridine rings is 1. The Balaban J connectivity index is 1.51. The van der Waals surface area contributed by atoms with Crippen LogP contribution in [0, 0.1) is 17.1 Å². The lowest BCUT2D eigenvalue weighted by atomic mass is 9.75. The van der Waals surface area contributed by atoms with Gasteiger partial charge in [0.2, 0.25) is 0 Å². The first-order chi connectivity index (χ1) is 17.6. The molecule has 0 unspecified atom stereocenters. The highest BCUT2D eigenvalue weighted by atomic mass is 32.1. The maximum atomic E-state index is 15.2. The molecule has 1 aromatic carbocycles. The van der Waals surface area contributed by atoms with Crippen LogP contribution in [0.2, 0.25) is 0 Å². The Morgan fingerprint density at radius 1 is 1.22 bits per heavy atom. The Morgan fingerprint density at radius 2 is 1.92 bits per heavy atom. The van der Waals surface area contributed by atoms with E-state index in [1.54, 1.807) is 6.07 Å². The van der Waals surface area contributed by atoms with Gasteiger partial charge < -0.3 is 14.5 Å². The van der Waals surface area contributed by atoms with E-state index in [0.29, 0.717) is 19.3 Å². The quantitative estimate of drug-likeness (QED) is 0.419. The van der Waals surface area contributed by atoms with Crippen molar-refractivity contribution >= 4 is 34.6 Å². The van der Waals surface area contributed by atoms with Gasteiger partial charge in [-0.1, -0.05) is 0 Å². The molecule has 1 spiro atoms. The highest BCUT2D eigenvalue weighted by molar-refractivity contribution is 7.81. The van der Waals surface area contributed by atoms with E-state index in [9.17, 15) is 23.2 Å². The number of nitrogens with zero attached hydrogens (tertiary/aromatic N) is 5. The lowest BCUT2D eigenvalue weighted by Crippen LogP contribution is -2.55. The van der Waals surface area contributed by atoms with E-state index in [4.69, 9.17) is 17.0 Å². The van der Waals surface area contributed by atoms with E-state index >= 15 is 4.39 Å². The number of ether oxygens (including phenoxy) is 1. The van der Waals surface area contributed by atoms with Crippen LogP contribution in [-0.2, 0) is 11.0 Å². The van der Waals surface area contributed by atoms with Gasteiger partial charge in [-0.25, -0.2) is 9.37 Å². The van der Waals surface area contributed by atoms with Crippen molar-refractivity contribution in [1.82, 2.24) is 9.88 Å². The molecule has 0 atom stereocenters. The van der Waals surface area contributed by atoms with Gasteiger partial charge in [0, 0.05) is 31.0 Å². The van der Waals surface area contributed by atoms with Gasteiger partial charge in [-0.3, -0.25) is 9.69 Å². The van der Waals surface area contributed by atoms with Crippen LogP contribution in [0.25, 0.3) is 0 Å². The molecule has 1 aliphatic carbocycles. The fourth-order valence-corrected chi connectivity index (χ4v) is 5.66. The minimum absolute atomic E-state index is 0.0708. The largest absolute Gasteiger partial charge is 0.487 e. The number of hydrogen-bond acceptors (Lipinski definition) is 6. The van der Waals surface area contributed by atoms with Gasteiger partial charge >= 0.3 is 6.18 Å². The number of piperidine rings is 1. The van der Waals surface area contributed by atoms with E-state index in [1.165, 1.54) is 23.1 Å². The Morgan fingerprint density at radius 3 is 2.49 bits per heavy atom. The zero-order chi connectivity index (χ0) is 26.5. The Bertz CT molecular complexity index is 1300. The molecule has 3 fully saturated rings. The van der Waals surface area contributed by atoms with Gasteiger partial charge in [0.1, 0.15) is 23.3 Å². The van der Waals surface area contributed by atoms with E-state index in [2.05, 4.69) is 9.88 Å². The molecule has 0 radical (unpaired) electrons. The summed E-state index contributed by atoms with van der Waals surface area (Å²) in [5, 5.41) is 9.03. The van der Waals surface area contributed by atoms with Crippen molar-refractivity contribution < 1.29 is 27.1 Å². The zero-order valence-corrected chi connectivity index (χ0v) is 20.7. The number of thiocarbonyl (C=S) groups is 1. The number of benzene rings is 1. The van der Waals surface area contributed by atoms with Crippen LogP contribution >= 0.6 is 12.2 Å². The summed E-state index contributed by atoms with van der Waals surface area (Å²) in [6.07, 6.45) is -1.18. The number of rotatable bonds is 4. The minimum Gasteiger partial charge on any atom is -0.487 e. The molecule has 5 rings (SSSR count). The van der Waals surface area contributed by atoms with Gasteiger partial charge in [0.25, 0.3) is 5.91 Å². The summed E-state index contributed by atoms with van der Waals surface area (Å²) in [7, 11) is 2.01. The van der Waals surface area contributed by atoms with Crippen LogP contribution in [-0.4, -0.2) is 52.7 Å². The summed E-state index contributed by atoms with van der Waals surface area (Å²) in [5.41, 5.74) is -3.73. The van der Waals surface area contributed by atoms with Crippen molar-refractivity contribution in [1.29, 1.82) is 5.26 Å². The number of nitriles is 1. The number of anilines is 2. The smallest absolute Gasteiger partial charge is 0.421 e. The molecule has 2 aromatic rings. The number of carbonyl (C=O) groups excluding carboxylic acids is 1. The topological polar surface area (TPSA) is 72.7 Å². The summed E-state index contributed by atoms with van der Waals surface area (Å²) in [4.78, 5) is 21.6. The molecule has 2 aliphatic heterocycles. The highest BCUT2D eigenvalue weighted by Crippen LogP contribution is 2.50. The molecule has 12 heteroatoms. The van der Waals surface area contributed by atoms with Crippen LogP contribution < -0.4 is 14.5 Å². The van der Waals surface area contributed by atoms with Crippen molar-refractivity contribution in [3.63, 3.8) is 0 Å². The lowest BCUT2D eigenvalue weighted by Gasteiger charge is -2.43. The van der Waals surface area contributed by atoms with Crippen molar-refractivity contribution in [2.75, 3.05) is 29.9 Å². The molecular formula is C25H23F4N5O2S. The molecule has 0 bridgehead atoms. The van der Waals surface area contributed by atoms with Gasteiger partial charge in [0.05, 0.1) is 5.69 Å². The summed E-state index contributed by atoms with van der Waals surface area (Å²) in [6, 6.07) is 6.69. The zero-order valence-electron chi connectivity index (χ0n) is 19.9. The first kappa shape index (κ1) is 25.4. The molecule has 7 nitrogen and oxygen atoms in total. The second-order valence-corrected chi connectivity index (χ2v) is 9.91. The van der Waals surface area contributed by atoms with Gasteiger partial charge in [-0.15, -0.1) is 0 Å². The van der Waals surface area contributed by atoms with Crippen LogP contribution in [0.1, 0.15) is 43.4 Å². The molecule has 1 amide bonds. The third-order valence-electron chi connectivity index (χ3n) is 7.28. The average Bonchev–Trinajstić information content (AvgIpc) is 3.07. The minimum atomic E-state index is -4.95. The van der Waals surface area contributed by atoms with Crippen LogP contribution in [0.15, 0.2) is 30.5 Å². The number of amides is 1. The first-order valence-corrected chi connectivity index (χ1v) is 12.3. The number of halogens is 4. The van der Waals surface area contributed by atoms with Crippen molar-refractivity contribution in [3.8, 4) is 11.8 Å². The van der Waals surface area contributed by atoms with Gasteiger partial charge in [-0.05, 0) is 69.6 Å². The summed E-state index contributed by atoms with van der Waals surface area (Å²) in [6.45, 7) is 1.69. The maximum Gasteiger partial charge on any atom is 0.421 e. The number of hydrogen-bond donors (Lipinski definition) is 0. The van der Waals surface area contributed by atoms with E-state index in [1.807, 2.05) is 7.05 Å². The third kappa shape index (κ3) is 4.20. The van der Waals surface area contributed by atoms with Crippen LogP contribution in [0.3, 0.4) is 0 Å². The molecule has 3 aliphatic rings. The van der Waals surface area contributed by atoms with E-state index in [0.717, 1.165) is 43.1 Å². The summed E-state index contributed by atoms with van der Waals surface area (Å²) < 4.78 is 63.0. The summed E-state index contributed by atoms with van der Waals surface area (Å²) in [5.74, 6) is -1.22. The fourth-order valence-electron chi connectivity index (χ4n) is 5.20. The SMILES string of the molecule is CN1CCC(Oc2ccc(N3C(=S)N(c4ccnc(C#N)c4C(F)(F)F)C(=O)C34CCC4)cc2F)CC1. The molecule has 0 N–H and O–H groups in total.